The molecule has 176 valence electrons. The van der Waals surface area contributed by atoms with Gasteiger partial charge in [0.15, 0.2) is 0 Å². The predicted molar refractivity (Wildman–Crippen MR) is 120 cm³/mol. The minimum atomic E-state index is -1.21. The molecule has 7 nitrogen and oxygen atoms in total. The van der Waals surface area contributed by atoms with Gasteiger partial charge in [-0.1, -0.05) is 90.4 Å². The zero-order valence-electron chi connectivity index (χ0n) is 19.0. The largest absolute Gasteiger partial charge is 0.480 e. The third kappa shape index (κ3) is 19.7. The van der Waals surface area contributed by atoms with Gasteiger partial charge in [0.25, 0.3) is 0 Å². The second-order valence-electron chi connectivity index (χ2n) is 8.13. The van der Waals surface area contributed by atoms with E-state index >= 15 is 0 Å². The maximum absolute atomic E-state index is 11.9. The van der Waals surface area contributed by atoms with Gasteiger partial charge in [-0.25, -0.2) is 0 Å². The highest BCUT2D eigenvalue weighted by Crippen LogP contribution is 2.12. The van der Waals surface area contributed by atoms with Crippen LogP contribution in [0.2, 0.25) is 0 Å². The quantitative estimate of drug-likeness (QED) is 0.220. The van der Waals surface area contributed by atoms with Crippen LogP contribution in [0.1, 0.15) is 103 Å². The molecule has 0 aromatic carbocycles. The molecular formula is C23H44N2O5. The Morgan fingerprint density at radius 3 is 1.43 bits per heavy atom. The van der Waals surface area contributed by atoms with Crippen molar-refractivity contribution in [2.75, 3.05) is 26.2 Å². The van der Waals surface area contributed by atoms with Crippen molar-refractivity contribution < 1.29 is 24.6 Å². The molecule has 1 amide bonds. The Morgan fingerprint density at radius 1 is 0.633 bits per heavy atom. The number of aliphatic carboxylic acids is 2. The van der Waals surface area contributed by atoms with Crippen LogP contribution in [0.3, 0.4) is 0 Å². The van der Waals surface area contributed by atoms with Gasteiger partial charge in [0.1, 0.15) is 13.1 Å². The van der Waals surface area contributed by atoms with Gasteiger partial charge in [0.05, 0.1) is 0 Å². The van der Waals surface area contributed by atoms with Crippen LogP contribution in [0, 0.1) is 0 Å². The summed E-state index contributed by atoms with van der Waals surface area (Å²) in [7, 11) is 0. The van der Waals surface area contributed by atoms with Gasteiger partial charge in [0.2, 0.25) is 5.91 Å². The highest BCUT2D eigenvalue weighted by Gasteiger charge is 2.18. The minimum absolute atomic E-state index is 0.110. The van der Waals surface area contributed by atoms with Gasteiger partial charge < -0.3 is 20.4 Å². The highest BCUT2D eigenvalue weighted by atomic mass is 16.4. The first-order valence-electron chi connectivity index (χ1n) is 11.9. The Morgan fingerprint density at radius 2 is 1.03 bits per heavy atom. The van der Waals surface area contributed by atoms with E-state index in [4.69, 9.17) is 10.2 Å². The molecule has 0 aromatic heterocycles. The summed E-state index contributed by atoms with van der Waals surface area (Å²) in [5.41, 5.74) is 0. The standard InChI is InChI=1S/C23H44N2O5/c1-2-3-4-5-6-7-8-9-10-11-12-13-14-15-17-24-18-16-21(26)25(19-22(27)28)20-23(29)30/h24H,2-20H2,1H3,(H,27,28)(H,29,30). The molecule has 0 bridgehead atoms. The van der Waals surface area contributed by atoms with Gasteiger partial charge in [-0.3, -0.25) is 14.4 Å². The second-order valence-corrected chi connectivity index (χ2v) is 8.13. The van der Waals surface area contributed by atoms with Crippen LogP contribution in [0.25, 0.3) is 0 Å². The number of hydrogen-bond donors (Lipinski definition) is 3. The number of unbranched alkanes of at least 4 members (excludes halogenated alkanes) is 13. The molecule has 0 fully saturated rings. The Kier molecular flexibility index (Phi) is 19.5. The molecule has 0 atom stereocenters. The second kappa shape index (κ2) is 20.6. The molecule has 0 saturated carbocycles. The van der Waals surface area contributed by atoms with Crippen LogP contribution >= 0.6 is 0 Å². The van der Waals surface area contributed by atoms with Crippen molar-refractivity contribution in [2.24, 2.45) is 0 Å². The van der Waals surface area contributed by atoms with Crippen molar-refractivity contribution in [2.45, 2.75) is 103 Å². The summed E-state index contributed by atoms with van der Waals surface area (Å²) < 4.78 is 0. The van der Waals surface area contributed by atoms with Crippen LogP contribution in [0.4, 0.5) is 0 Å². The van der Waals surface area contributed by atoms with E-state index in [2.05, 4.69) is 12.2 Å². The predicted octanol–water partition coefficient (Wildman–Crippen LogP) is 4.45. The molecule has 30 heavy (non-hydrogen) atoms. The molecule has 0 saturated heterocycles. The zero-order valence-corrected chi connectivity index (χ0v) is 19.0. The molecular weight excluding hydrogens is 384 g/mol. The van der Waals surface area contributed by atoms with Crippen LogP contribution in [-0.4, -0.2) is 59.1 Å². The topological polar surface area (TPSA) is 107 Å². The molecule has 0 spiro atoms. The fourth-order valence-corrected chi connectivity index (χ4v) is 3.48. The maximum Gasteiger partial charge on any atom is 0.323 e. The van der Waals surface area contributed by atoms with Gasteiger partial charge in [-0.05, 0) is 13.0 Å². The Bertz CT molecular complexity index is 441. The average molecular weight is 429 g/mol. The van der Waals surface area contributed by atoms with E-state index in [1.165, 1.54) is 83.5 Å². The van der Waals surface area contributed by atoms with Crippen molar-refractivity contribution in [1.82, 2.24) is 10.2 Å². The number of carboxylic acids is 2. The molecule has 3 N–H and O–H groups in total. The zero-order chi connectivity index (χ0) is 22.5. The summed E-state index contributed by atoms with van der Waals surface area (Å²) in [4.78, 5) is 34.2. The lowest BCUT2D eigenvalue weighted by atomic mass is 10.0. The van der Waals surface area contributed by atoms with Crippen LogP contribution in [0.5, 0.6) is 0 Å². The first kappa shape index (κ1) is 28.4. The summed E-state index contributed by atoms with van der Waals surface area (Å²) in [6.07, 6.45) is 18.6. The lowest BCUT2D eigenvalue weighted by Crippen LogP contribution is -2.40. The smallest absolute Gasteiger partial charge is 0.323 e. The number of carboxylic acid groups (broad SMARTS) is 2. The van der Waals surface area contributed by atoms with Crippen LogP contribution < -0.4 is 5.32 Å². The van der Waals surface area contributed by atoms with Crippen molar-refractivity contribution in [3.8, 4) is 0 Å². The fourth-order valence-electron chi connectivity index (χ4n) is 3.48. The number of carbonyl (C=O) groups is 3. The first-order chi connectivity index (χ1) is 14.5. The summed E-state index contributed by atoms with van der Waals surface area (Å²) in [5.74, 6) is -2.87. The number of amides is 1. The third-order valence-corrected chi connectivity index (χ3v) is 5.23. The Labute approximate surface area is 182 Å². The summed E-state index contributed by atoms with van der Waals surface area (Å²) in [6, 6.07) is 0. The van der Waals surface area contributed by atoms with Gasteiger partial charge in [-0.2, -0.15) is 0 Å². The lowest BCUT2D eigenvalue weighted by Gasteiger charge is -2.18. The van der Waals surface area contributed by atoms with E-state index in [0.29, 0.717) is 6.54 Å². The van der Waals surface area contributed by atoms with E-state index < -0.39 is 30.9 Å². The van der Waals surface area contributed by atoms with Crippen molar-refractivity contribution in [1.29, 1.82) is 0 Å². The van der Waals surface area contributed by atoms with E-state index in [-0.39, 0.29) is 6.42 Å². The Hall–Kier alpha value is -1.63. The summed E-state index contributed by atoms with van der Waals surface area (Å²) in [5, 5.41) is 20.7. The number of nitrogens with zero attached hydrogens (tertiary/aromatic N) is 1. The minimum Gasteiger partial charge on any atom is -0.480 e. The van der Waals surface area contributed by atoms with Crippen LogP contribution in [-0.2, 0) is 14.4 Å². The van der Waals surface area contributed by atoms with Crippen molar-refractivity contribution in [3.63, 3.8) is 0 Å². The number of hydrogen-bond acceptors (Lipinski definition) is 4. The summed E-state index contributed by atoms with van der Waals surface area (Å²) >= 11 is 0. The molecule has 7 heteroatoms. The van der Waals surface area contributed by atoms with Crippen molar-refractivity contribution >= 4 is 17.8 Å². The average Bonchev–Trinajstić information content (AvgIpc) is 2.69. The molecule has 0 aliphatic rings. The lowest BCUT2D eigenvalue weighted by molar-refractivity contribution is -0.149. The van der Waals surface area contributed by atoms with E-state index in [9.17, 15) is 14.4 Å². The molecule has 0 aliphatic heterocycles. The van der Waals surface area contributed by atoms with Gasteiger partial charge in [0, 0.05) is 13.0 Å². The van der Waals surface area contributed by atoms with Crippen LogP contribution in [0.15, 0.2) is 0 Å². The molecule has 0 heterocycles. The van der Waals surface area contributed by atoms with E-state index in [1.807, 2.05) is 0 Å². The van der Waals surface area contributed by atoms with Gasteiger partial charge in [-0.15, -0.1) is 0 Å². The van der Waals surface area contributed by atoms with Gasteiger partial charge >= 0.3 is 11.9 Å². The fraction of sp³-hybridized carbons (Fsp3) is 0.870. The number of rotatable bonds is 22. The molecule has 0 aliphatic carbocycles. The monoisotopic (exact) mass is 428 g/mol. The molecule has 0 unspecified atom stereocenters. The third-order valence-electron chi connectivity index (χ3n) is 5.23. The normalized spacial score (nSPS) is 10.8. The van der Waals surface area contributed by atoms with E-state index in [0.717, 1.165) is 17.9 Å². The molecule has 0 aromatic rings. The highest BCUT2D eigenvalue weighted by molar-refractivity contribution is 5.85. The Balaban J connectivity index is 3.43. The SMILES string of the molecule is CCCCCCCCCCCCCCCCNCCC(=O)N(CC(=O)O)CC(=O)O. The van der Waals surface area contributed by atoms with Crippen molar-refractivity contribution in [3.05, 3.63) is 0 Å². The number of nitrogens with one attached hydrogen (secondary N) is 1. The number of carbonyl (C=O) groups excluding carboxylic acids is 1. The first-order valence-corrected chi connectivity index (χ1v) is 11.9. The maximum atomic E-state index is 11.9. The molecule has 0 radical (unpaired) electrons. The summed E-state index contributed by atoms with van der Waals surface area (Å²) in [6.45, 7) is 2.36. The van der Waals surface area contributed by atoms with E-state index in [1.54, 1.807) is 0 Å². The molecule has 0 rings (SSSR count).